The van der Waals surface area contributed by atoms with E-state index in [9.17, 15) is 14.0 Å². The molecule has 0 spiro atoms. The van der Waals surface area contributed by atoms with Crippen LogP contribution in [0.3, 0.4) is 0 Å². The van der Waals surface area contributed by atoms with Gasteiger partial charge in [-0.15, -0.1) is 0 Å². The summed E-state index contributed by atoms with van der Waals surface area (Å²) in [6, 6.07) is 11.9. The molecular formula is C28H35FN2O3. The number of hydrogen-bond acceptors (Lipinski definition) is 3. The Labute approximate surface area is 201 Å². The number of amides is 2. The average Bonchev–Trinajstić information content (AvgIpc) is 3.64. The molecule has 2 atom stereocenters. The number of rotatable bonds is 9. The second kappa shape index (κ2) is 10.6. The van der Waals surface area contributed by atoms with Crippen LogP contribution in [0.2, 0.25) is 0 Å². The molecule has 0 aromatic heterocycles. The molecule has 1 heterocycles. The maximum atomic E-state index is 14.2. The predicted molar refractivity (Wildman–Crippen MR) is 130 cm³/mol. The van der Waals surface area contributed by atoms with Crippen molar-refractivity contribution in [2.75, 3.05) is 13.1 Å². The SMILES string of the molecule is CC[C@H](Oc1ccc2c(c1)[C@H](c1cccc(F)c1)N(C(=O)CC(C)C)CC2)C(=O)NCC1CC1. The number of benzene rings is 2. The number of hydrogen-bond donors (Lipinski definition) is 1. The average molecular weight is 467 g/mol. The minimum Gasteiger partial charge on any atom is -0.481 e. The largest absolute Gasteiger partial charge is 0.481 e. The standard InChI is InChI=1S/C28H35FN2O3/c1-4-25(28(33)30-17-19-8-9-19)34-23-11-10-20-12-13-31(26(32)14-18(2)3)27(24(20)16-23)21-6-5-7-22(29)15-21/h5-7,10-11,15-16,18-19,25,27H,4,8-9,12-14,17H2,1-3H3,(H,30,33)/t25-,27-/m0/s1. The van der Waals surface area contributed by atoms with Crippen LogP contribution in [0.1, 0.15) is 69.2 Å². The number of carbonyl (C=O) groups excluding carboxylic acids is 2. The van der Waals surface area contributed by atoms with Crippen molar-refractivity contribution in [3.05, 3.63) is 65.0 Å². The molecule has 1 N–H and O–H groups in total. The number of ether oxygens (including phenoxy) is 1. The highest BCUT2D eigenvalue weighted by Crippen LogP contribution is 2.38. The quantitative estimate of drug-likeness (QED) is 0.564. The first-order chi connectivity index (χ1) is 16.4. The van der Waals surface area contributed by atoms with Crippen LogP contribution < -0.4 is 10.1 Å². The molecule has 6 heteroatoms. The van der Waals surface area contributed by atoms with Crippen LogP contribution in [0.25, 0.3) is 0 Å². The van der Waals surface area contributed by atoms with Gasteiger partial charge in [0.15, 0.2) is 6.10 Å². The maximum Gasteiger partial charge on any atom is 0.261 e. The van der Waals surface area contributed by atoms with Gasteiger partial charge in [0, 0.05) is 19.5 Å². The van der Waals surface area contributed by atoms with E-state index in [-0.39, 0.29) is 23.5 Å². The van der Waals surface area contributed by atoms with Gasteiger partial charge in [0.05, 0.1) is 6.04 Å². The zero-order chi connectivity index (χ0) is 24.2. The lowest BCUT2D eigenvalue weighted by Gasteiger charge is -2.38. The van der Waals surface area contributed by atoms with Crippen molar-refractivity contribution in [3.63, 3.8) is 0 Å². The summed E-state index contributed by atoms with van der Waals surface area (Å²) in [5, 5.41) is 3.00. The lowest BCUT2D eigenvalue weighted by atomic mass is 9.87. The van der Waals surface area contributed by atoms with Crippen molar-refractivity contribution in [3.8, 4) is 5.75 Å². The Hall–Kier alpha value is -2.89. The van der Waals surface area contributed by atoms with E-state index in [1.54, 1.807) is 6.07 Å². The van der Waals surface area contributed by atoms with Gasteiger partial charge in [-0.3, -0.25) is 9.59 Å². The number of halogens is 1. The minimum atomic E-state index is -0.577. The molecule has 1 saturated carbocycles. The fourth-order valence-corrected chi connectivity index (χ4v) is 4.61. The van der Waals surface area contributed by atoms with Gasteiger partial charge in [-0.1, -0.05) is 39.0 Å². The second-order valence-electron chi connectivity index (χ2n) is 9.96. The van der Waals surface area contributed by atoms with E-state index < -0.39 is 12.1 Å². The third kappa shape index (κ3) is 5.78. The molecule has 1 aliphatic carbocycles. The summed E-state index contributed by atoms with van der Waals surface area (Å²) in [4.78, 5) is 27.7. The topological polar surface area (TPSA) is 58.6 Å². The van der Waals surface area contributed by atoms with Crippen LogP contribution in [-0.2, 0) is 16.0 Å². The zero-order valence-corrected chi connectivity index (χ0v) is 20.4. The summed E-state index contributed by atoms with van der Waals surface area (Å²) in [6.07, 6.45) is 3.50. The predicted octanol–water partition coefficient (Wildman–Crippen LogP) is 5.03. The van der Waals surface area contributed by atoms with Gasteiger partial charge in [-0.25, -0.2) is 4.39 Å². The normalized spacial score (nSPS) is 18.4. The van der Waals surface area contributed by atoms with Gasteiger partial charge in [0.2, 0.25) is 5.91 Å². The molecule has 2 aromatic rings. The Morgan fingerprint density at radius 1 is 1.18 bits per heavy atom. The highest BCUT2D eigenvalue weighted by Gasteiger charge is 2.33. The van der Waals surface area contributed by atoms with Crippen LogP contribution in [0.4, 0.5) is 4.39 Å². The molecular weight excluding hydrogens is 431 g/mol. The summed E-state index contributed by atoms with van der Waals surface area (Å²) >= 11 is 0. The van der Waals surface area contributed by atoms with E-state index in [1.165, 1.54) is 25.0 Å². The summed E-state index contributed by atoms with van der Waals surface area (Å²) in [5.41, 5.74) is 2.78. The van der Waals surface area contributed by atoms with E-state index in [0.717, 1.165) is 23.1 Å². The highest BCUT2D eigenvalue weighted by molar-refractivity contribution is 5.81. The molecule has 1 fully saturated rings. The van der Waals surface area contributed by atoms with Crippen molar-refractivity contribution >= 4 is 11.8 Å². The van der Waals surface area contributed by atoms with Gasteiger partial charge >= 0.3 is 0 Å². The first-order valence-electron chi connectivity index (χ1n) is 12.5. The Morgan fingerprint density at radius 2 is 1.97 bits per heavy atom. The number of fused-ring (bicyclic) bond motifs is 1. The van der Waals surface area contributed by atoms with Gasteiger partial charge in [0.1, 0.15) is 11.6 Å². The first-order valence-corrected chi connectivity index (χ1v) is 12.5. The smallest absolute Gasteiger partial charge is 0.261 e. The Morgan fingerprint density at radius 3 is 2.65 bits per heavy atom. The monoisotopic (exact) mass is 466 g/mol. The maximum absolute atomic E-state index is 14.2. The molecule has 34 heavy (non-hydrogen) atoms. The van der Waals surface area contributed by atoms with Gasteiger partial charge in [0.25, 0.3) is 5.91 Å². The number of carbonyl (C=O) groups is 2. The molecule has 0 saturated heterocycles. The third-order valence-electron chi connectivity index (χ3n) is 6.62. The van der Waals surface area contributed by atoms with E-state index in [0.29, 0.717) is 37.6 Å². The van der Waals surface area contributed by atoms with Crippen molar-refractivity contribution in [2.45, 2.75) is 65.0 Å². The van der Waals surface area contributed by atoms with Crippen molar-refractivity contribution < 1.29 is 18.7 Å². The van der Waals surface area contributed by atoms with Crippen LogP contribution in [-0.4, -0.2) is 35.9 Å². The molecule has 0 bridgehead atoms. The first kappa shape index (κ1) is 24.2. The van der Waals surface area contributed by atoms with Crippen LogP contribution in [0.15, 0.2) is 42.5 Å². The second-order valence-corrected chi connectivity index (χ2v) is 9.96. The summed E-state index contributed by atoms with van der Waals surface area (Å²) in [6.45, 7) is 7.27. The molecule has 5 nitrogen and oxygen atoms in total. The van der Waals surface area contributed by atoms with Crippen LogP contribution in [0, 0.1) is 17.7 Å². The van der Waals surface area contributed by atoms with Crippen LogP contribution >= 0.6 is 0 Å². The molecule has 2 amide bonds. The molecule has 2 aromatic carbocycles. The number of nitrogens with zero attached hydrogens (tertiary/aromatic N) is 1. The molecule has 2 aliphatic rings. The fraction of sp³-hybridized carbons (Fsp3) is 0.500. The lowest BCUT2D eigenvalue weighted by Crippen LogP contribution is -2.41. The van der Waals surface area contributed by atoms with Gasteiger partial charge in [-0.05, 0) is 78.5 Å². The molecule has 0 radical (unpaired) electrons. The summed E-state index contributed by atoms with van der Waals surface area (Å²) in [5.74, 6) is 1.07. The molecule has 0 unspecified atom stereocenters. The lowest BCUT2D eigenvalue weighted by molar-refractivity contribution is -0.134. The zero-order valence-electron chi connectivity index (χ0n) is 20.4. The van der Waals surface area contributed by atoms with Crippen LogP contribution in [0.5, 0.6) is 5.75 Å². The van der Waals surface area contributed by atoms with Crippen molar-refractivity contribution in [1.29, 1.82) is 0 Å². The summed E-state index contributed by atoms with van der Waals surface area (Å²) in [7, 11) is 0. The summed E-state index contributed by atoms with van der Waals surface area (Å²) < 4.78 is 20.3. The highest BCUT2D eigenvalue weighted by atomic mass is 19.1. The molecule has 1 aliphatic heterocycles. The van der Waals surface area contributed by atoms with E-state index in [2.05, 4.69) is 5.32 Å². The third-order valence-corrected chi connectivity index (χ3v) is 6.62. The Balaban J connectivity index is 1.63. The molecule has 4 rings (SSSR count). The molecule has 182 valence electrons. The van der Waals surface area contributed by atoms with Gasteiger partial charge in [-0.2, -0.15) is 0 Å². The van der Waals surface area contributed by atoms with Gasteiger partial charge < -0.3 is 15.0 Å². The fourth-order valence-electron chi connectivity index (χ4n) is 4.61. The van der Waals surface area contributed by atoms with E-state index in [1.807, 2.05) is 49.9 Å². The Bertz CT molecular complexity index is 1030. The van der Waals surface area contributed by atoms with Crippen molar-refractivity contribution in [2.24, 2.45) is 11.8 Å². The minimum absolute atomic E-state index is 0.0621. The van der Waals surface area contributed by atoms with E-state index >= 15 is 0 Å². The van der Waals surface area contributed by atoms with E-state index in [4.69, 9.17) is 4.74 Å². The number of nitrogens with one attached hydrogen (secondary N) is 1. The van der Waals surface area contributed by atoms with Crippen molar-refractivity contribution in [1.82, 2.24) is 10.2 Å². The Kier molecular flexibility index (Phi) is 7.54.